The van der Waals surface area contributed by atoms with E-state index in [9.17, 15) is 14.4 Å². The SMILES string of the molecule is CCOC(=O)c1ccc(CNC(=O)NCCC(=O)O)cc1. The molecule has 0 unspecified atom stereocenters. The van der Waals surface area contributed by atoms with Crippen molar-refractivity contribution in [1.82, 2.24) is 10.6 Å². The number of rotatable bonds is 7. The molecule has 3 N–H and O–H groups in total. The number of hydrogen-bond donors (Lipinski definition) is 3. The van der Waals surface area contributed by atoms with E-state index in [1.54, 1.807) is 31.2 Å². The number of urea groups is 1. The highest BCUT2D eigenvalue weighted by Gasteiger charge is 2.06. The topological polar surface area (TPSA) is 105 Å². The Morgan fingerprint density at radius 1 is 1.14 bits per heavy atom. The number of benzene rings is 1. The van der Waals surface area contributed by atoms with Crippen LogP contribution >= 0.6 is 0 Å². The summed E-state index contributed by atoms with van der Waals surface area (Å²) in [5.74, 6) is -1.35. The van der Waals surface area contributed by atoms with Gasteiger partial charge in [0.2, 0.25) is 0 Å². The standard InChI is InChI=1S/C14H18N2O5/c1-2-21-13(19)11-5-3-10(4-6-11)9-16-14(20)15-8-7-12(17)18/h3-6H,2,7-9H2,1H3,(H,17,18)(H2,15,16,20). The first-order valence-electron chi connectivity index (χ1n) is 6.52. The van der Waals surface area contributed by atoms with Gasteiger partial charge in [-0.15, -0.1) is 0 Å². The van der Waals surface area contributed by atoms with E-state index in [1.165, 1.54) is 0 Å². The van der Waals surface area contributed by atoms with Crippen molar-refractivity contribution in [3.05, 3.63) is 35.4 Å². The molecule has 0 atom stereocenters. The predicted octanol–water partition coefficient (Wildman–Crippen LogP) is 1.14. The van der Waals surface area contributed by atoms with Crippen molar-refractivity contribution in [2.75, 3.05) is 13.2 Å². The second-order valence-electron chi connectivity index (χ2n) is 4.17. The normalized spacial score (nSPS) is 9.76. The summed E-state index contributed by atoms with van der Waals surface area (Å²) in [6.07, 6.45) is -0.123. The van der Waals surface area contributed by atoms with Crippen LogP contribution in [-0.4, -0.2) is 36.2 Å². The summed E-state index contributed by atoms with van der Waals surface area (Å²) >= 11 is 0. The molecule has 114 valence electrons. The van der Waals surface area contributed by atoms with Gasteiger partial charge >= 0.3 is 18.0 Å². The van der Waals surface area contributed by atoms with Crippen LogP contribution in [-0.2, 0) is 16.1 Å². The van der Waals surface area contributed by atoms with Gasteiger partial charge in [0.05, 0.1) is 18.6 Å². The summed E-state index contributed by atoms with van der Waals surface area (Å²) in [6, 6.07) is 6.23. The maximum Gasteiger partial charge on any atom is 0.338 e. The number of amides is 2. The van der Waals surface area contributed by atoms with Gasteiger partial charge in [-0.3, -0.25) is 4.79 Å². The number of carboxylic acids is 1. The molecule has 2 amide bonds. The number of ether oxygens (including phenoxy) is 1. The van der Waals surface area contributed by atoms with Crippen molar-refractivity contribution < 1.29 is 24.2 Å². The molecule has 7 nitrogen and oxygen atoms in total. The van der Waals surface area contributed by atoms with Crippen molar-refractivity contribution in [3.8, 4) is 0 Å². The third-order valence-electron chi connectivity index (χ3n) is 2.54. The summed E-state index contributed by atoms with van der Waals surface area (Å²) in [4.78, 5) is 33.1. The summed E-state index contributed by atoms with van der Waals surface area (Å²) in [6.45, 7) is 2.41. The van der Waals surface area contributed by atoms with E-state index in [0.717, 1.165) is 5.56 Å². The van der Waals surface area contributed by atoms with E-state index in [1.807, 2.05) is 0 Å². The molecule has 0 bridgehead atoms. The van der Waals surface area contributed by atoms with Gasteiger partial charge in [-0.2, -0.15) is 0 Å². The number of hydrogen-bond acceptors (Lipinski definition) is 4. The lowest BCUT2D eigenvalue weighted by molar-refractivity contribution is -0.136. The van der Waals surface area contributed by atoms with Gasteiger partial charge < -0.3 is 20.5 Å². The second-order valence-corrected chi connectivity index (χ2v) is 4.17. The lowest BCUT2D eigenvalue weighted by Gasteiger charge is -2.07. The molecular formula is C14H18N2O5. The predicted molar refractivity (Wildman–Crippen MR) is 74.9 cm³/mol. The average Bonchev–Trinajstić information content (AvgIpc) is 2.45. The first-order valence-corrected chi connectivity index (χ1v) is 6.52. The lowest BCUT2D eigenvalue weighted by Crippen LogP contribution is -2.36. The van der Waals surface area contributed by atoms with Crippen LogP contribution in [0.25, 0.3) is 0 Å². The minimum Gasteiger partial charge on any atom is -0.481 e. The van der Waals surface area contributed by atoms with Crippen LogP contribution in [0.4, 0.5) is 4.79 Å². The van der Waals surface area contributed by atoms with Crippen LogP contribution in [0.3, 0.4) is 0 Å². The summed E-state index contributed by atoms with van der Waals surface area (Å²) in [7, 11) is 0. The molecule has 1 aromatic rings. The zero-order valence-corrected chi connectivity index (χ0v) is 11.7. The Hall–Kier alpha value is -2.57. The number of aliphatic carboxylic acids is 1. The second kappa shape index (κ2) is 8.57. The van der Waals surface area contributed by atoms with Crippen LogP contribution in [0.2, 0.25) is 0 Å². The van der Waals surface area contributed by atoms with E-state index in [0.29, 0.717) is 12.2 Å². The fraction of sp³-hybridized carbons (Fsp3) is 0.357. The number of carbonyl (C=O) groups excluding carboxylic acids is 2. The van der Waals surface area contributed by atoms with E-state index < -0.39 is 12.0 Å². The quantitative estimate of drug-likeness (QED) is 0.654. The smallest absolute Gasteiger partial charge is 0.338 e. The Kier molecular flexibility index (Phi) is 6.73. The third kappa shape index (κ3) is 6.42. The Morgan fingerprint density at radius 3 is 2.38 bits per heavy atom. The van der Waals surface area contributed by atoms with Gasteiger partial charge in [-0.25, -0.2) is 9.59 Å². The number of carbonyl (C=O) groups is 3. The number of esters is 1. The first kappa shape index (κ1) is 16.5. The highest BCUT2D eigenvalue weighted by molar-refractivity contribution is 5.89. The van der Waals surface area contributed by atoms with Crippen LogP contribution in [0.1, 0.15) is 29.3 Å². The summed E-state index contributed by atoms with van der Waals surface area (Å²) in [5, 5.41) is 13.4. The van der Waals surface area contributed by atoms with Crippen molar-refractivity contribution in [2.24, 2.45) is 0 Å². The molecule has 0 saturated carbocycles. The van der Waals surface area contributed by atoms with Gasteiger partial charge in [0, 0.05) is 13.1 Å². The van der Waals surface area contributed by atoms with Gasteiger partial charge in [0.25, 0.3) is 0 Å². The molecule has 0 aliphatic rings. The Morgan fingerprint density at radius 2 is 1.81 bits per heavy atom. The van der Waals surface area contributed by atoms with E-state index in [4.69, 9.17) is 9.84 Å². The van der Waals surface area contributed by atoms with E-state index >= 15 is 0 Å². The fourth-order valence-corrected chi connectivity index (χ4v) is 1.50. The highest BCUT2D eigenvalue weighted by atomic mass is 16.5. The number of carboxylic acid groups (broad SMARTS) is 1. The molecule has 1 rings (SSSR count). The fourth-order valence-electron chi connectivity index (χ4n) is 1.50. The molecule has 0 spiro atoms. The molecule has 0 aliphatic heterocycles. The molecule has 1 aromatic carbocycles. The highest BCUT2D eigenvalue weighted by Crippen LogP contribution is 2.05. The molecule has 0 aliphatic carbocycles. The van der Waals surface area contributed by atoms with Crippen LogP contribution < -0.4 is 10.6 Å². The van der Waals surface area contributed by atoms with Gasteiger partial charge in [0.1, 0.15) is 0 Å². The Labute approximate surface area is 122 Å². The maximum absolute atomic E-state index is 11.4. The lowest BCUT2D eigenvalue weighted by atomic mass is 10.1. The molecule has 0 saturated heterocycles. The minimum atomic E-state index is -0.968. The Bertz CT molecular complexity index is 499. The summed E-state index contributed by atoms with van der Waals surface area (Å²) in [5.41, 5.74) is 1.27. The van der Waals surface area contributed by atoms with Crippen molar-refractivity contribution in [1.29, 1.82) is 0 Å². The molecule has 0 radical (unpaired) electrons. The van der Waals surface area contributed by atoms with Crippen molar-refractivity contribution >= 4 is 18.0 Å². The molecule has 0 aromatic heterocycles. The molecule has 0 fully saturated rings. The van der Waals surface area contributed by atoms with Crippen LogP contribution in [0.15, 0.2) is 24.3 Å². The van der Waals surface area contributed by atoms with Crippen LogP contribution in [0.5, 0.6) is 0 Å². The van der Waals surface area contributed by atoms with Gasteiger partial charge in [0.15, 0.2) is 0 Å². The summed E-state index contributed by atoms with van der Waals surface area (Å²) < 4.78 is 4.86. The van der Waals surface area contributed by atoms with Gasteiger partial charge in [-0.05, 0) is 24.6 Å². The van der Waals surface area contributed by atoms with Crippen molar-refractivity contribution in [2.45, 2.75) is 19.9 Å². The van der Waals surface area contributed by atoms with Gasteiger partial charge in [-0.1, -0.05) is 12.1 Å². The zero-order chi connectivity index (χ0) is 15.7. The minimum absolute atomic E-state index is 0.0724. The zero-order valence-electron chi connectivity index (χ0n) is 11.7. The molecule has 21 heavy (non-hydrogen) atoms. The molecule has 7 heteroatoms. The third-order valence-corrected chi connectivity index (χ3v) is 2.54. The molecular weight excluding hydrogens is 276 g/mol. The van der Waals surface area contributed by atoms with Crippen molar-refractivity contribution in [3.63, 3.8) is 0 Å². The Balaban J connectivity index is 2.37. The average molecular weight is 294 g/mol. The monoisotopic (exact) mass is 294 g/mol. The van der Waals surface area contributed by atoms with E-state index in [-0.39, 0.29) is 25.5 Å². The van der Waals surface area contributed by atoms with E-state index in [2.05, 4.69) is 10.6 Å². The largest absolute Gasteiger partial charge is 0.481 e. The molecule has 0 heterocycles. The number of nitrogens with one attached hydrogen (secondary N) is 2. The first-order chi connectivity index (χ1) is 10.0. The van der Waals surface area contributed by atoms with Crippen LogP contribution in [0, 0.1) is 0 Å². The maximum atomic E-state index is 11.4.